The Labute approximate surface area is 84.6 Å². The summed E-state index contributed by atoms with van der Waals surface area (Å²) in [6, 6.07) is 4.94. The summed E-state index contributed by atoms with van der Waals surface area (Å²) in [4.78, 5) is 0. The van der Waals surface area contributed by atoms with E-state index in [1.165, 1.54) is 6.07 Å². The van der Waals surface area contributed by atoms with Gasteiger partial charge in [0.1, 0.15) is 5.82 Å². The van der Waals surface area contributed by atoms with Crippen molar-refractivity contribution in [1.82, 2.24) is 5.32 Å². The number of benzene rings is 1. The molecule has 1 N–H and O–H groups in total. The number of nitrogens with one attached hydrogen (secondary N) is 1. The summed E-state index contributed by atoms with van der Waals surface area (Å²) in [5.41, 5.74) is 2.04. The van der Waals surface area contributed by atoms with Gasteiger partial charge in [-0.15, -0.1) is 6.58 Å². The van der Waals surface area contributed by atoms with Gasteiger partial charge in [-0.3, -0.25) is 0 Å². The summed E-state index contributed by atoms with van der Waals surface area (Å²) < 4.78 is 12.9. The van der Waals surface area contributed by atoms with Crippen LogP contribution in [0.1, 0.15) is 24.1 Å². The molecule has 1 nitrogen and oxygen atoms in total. The Kier molecular flexibility index (Phi) is 3.84. The van der Waals surface area contributed by atoms with Gasteiger partial charge < -0.3 is 5.32 Å². The van der Waals surface area contributed by atoms with Gasteiger partial charge in [0.15, 0.2) is 0 Å². The predicted molar refractivity (Wildman–Crippen MR) is 57.8 cm³/mol. The van der Waals surface area contributed by atoms with Crippen molar-refractivity contribution in [3.8, 4) is 0 Å². The summed E-state index contributed by atoms with van der Waals surface area (Å²) in [6.45, 7) is 8.58. The van der Waals surface area contributed by atoms with Crippen LogP contribution < -0.4 is 5.32 Å². The van der Waals surface area contributed by atoms with E-state index in [0.29, 0.717) is 0 Å². The SMILES string of the molecule is C=CC(NCC)c1ccc(F)cc1C. The van der Waals surface area contributed by atoms with Crippen LogP contribution in [-0.2, 0) is 0 Å². The molecule has 0 aliphatic heterocycles. The van der Waals surface area contributed by atoms with E-state index in [1.807, 2.05) is 19.9 Å². The third-order valence-electron chi connectivity index (χ3n) is 2.23. The lowest BCUT2D eigenvalue weighted by Gasteiger charge is -2.16. The molecular weight excluding hydrogens is 177 g/mol. The van der Waals surface area contributed by atoms with Gasteiger partial charge in [-0.2, -0.15) is 0 Å². The van der Waals surface area contributed by atoms with E-state index < -0.39 is 0 Å². The molecule has 0 saturated heterocycles. The standard InChI is InChI=1S/C12H16FN/c1-4-12(14-5-2)11-7-6-10(13)8-9(11)3/h4,6-8,12,14H,1,5H2,2-3H3. The van der Waals surface area contributed by atoms with Gasteiger partial charge in [0.25, 0.3) is 0 Å². The number of aryl methyl sites for hydroxylation is 1. The Balaban J connectivity index is 2.98. The van der Waals surface area contributed by atoms with Crippen LogP contribution in [0.3, 0.4) is 0 Å². The maximum atomic E-state index is 12.9. The summed E-state index contributed by atoms with van der Waals surface area (Å²) in [7, 11) is 0. The van der Waals surface area contributed by atoms with Crippen molar-refractivity contribution < 1.29 is 4.39 Å². The molecule has 2 heteroatoms. The molecule has 1 rings (SSSR count). The van der Waals surface area contributed by atoms with Crippen molar-refractivity contribution in [3.63, 3.8) is 0 Å². The first kappa shape index (κ1) is 10.9. The maximum absolute atomic E-state index is 12.9. The zero-order chi connectivity index (χ0) is 10.6. The molecule has 0 fully saturated rings. The summed E-state index contributed by atoms with van der Waals surface area (Å²) >= 11 is 0. The van der Waals surface area contributed by atoms with Crippen LogP contribution in [0, 0.1) is 12.7 Å². The Morgan fingerprint density at radius 3 is 2.79 bits per heavy atom. The van der Waals surface area contributed by atoms with E-state index in [-0.39, 0.29) is 11.9 Å². The second-order valence-electron chi connectivity index (χ2n) is 3.27. The molecule has 1 aromatic rings. The van der Waals surface area contributed by atoms with Crippen LogP contribution in [-0.4, -0.2) is 6.54 Å². The lowest BCUT2D eigenvalue weighted by Crippen LogP contribution is -2.19. The van der Waals surface area contributed by atoms with Crippen molar-refractivity contribution in [1.29, 1.82) is 0 Å². The molecule has 0 heterocycles. The molecule has 0 bridgehead atoms. The largest absolute Gasteiger partial charge is 0.307 e. The molecule has 0 radical (unpaired) electrons. The van der Waals surface area contributed by atoms with E-state index in [4.69, 9.17) is 0 Å². The quantitative estimate of drug-likeness (QED) is 0.725. The van der Waals surface area contributed by atoms with Crippen molar-refractivity contribution >= 4 is 0 Å². The first-order chi connectivity index (χ1) is 6.69. The lowest BCUT2D eigenvalue weighted by molar-refractivity contribution is 0.616. The minimum atomic E-state index is -0.189. The fourth-order valence-electron chi connectivity index (χ4n) is 1.53. The molecule has 0 aromatic heterocycles. The molecule has 0 amide bonds. The third-order valence-corrected chi connectivity index (χ3v) is 2.23. The molecule has 0 aliphatic carbocycles. The minimum absolute atomic E-state index is 0.112. The van der Waals surface area contributed by atoms with E-state index in [2.05, 4.69) is 11.9 Å². The third kappa shape index (κ3) is 2.42. The molecule has 0 aliphatic rings. The van der Waals surface area contributed by atoms with Crippen molar-refractivity contribution in [2.75, 3.05) is 6.54 Å². The van der Waals surface area contributed by atoms with E-state index in [9.17, 15) is 4.39 Å². The Hall–Kier alpha value is -1.15. The zero-order valence-electron chi connectivity index (χ0n) is 8.68. The number of hydrogen-bond acceptors (Lipinski definition) is 1. The molecule has 14 heavy (non-hydrogen) atoms. The molecule has 1 unspecified atom stereocenters. The van der Waals surface area contributed by atoms with Gasteiger partial charge in [-0.05, 0) is 36.7 Å². The second kappa shape index (κ2) is 4.91. The average Bonchev–Trinajstić information content (AvgIpc) is 2.15. The summed E-state index contributed by atoms with van der Waals surface area (Å²) in [5, 5.41) is 3.27. The van der Waals surface area contributed by atoms with Crippen LogP contribution in [0.15, 0.2) is 30.9 Å². The average molecular weight is 193 g/mol. The topological polar surface area (TPSA) is 12.0 Å². The summed E-state index contributed by atoms with van der Waals surface area (Å²) in [6.07, 6.45) is 1.84. The molecular formula is C12H16FN. The highest BCUT2D eigenvalue weighted by atomic mass is 19.1. The fraction of sp³-hybridized carbons (Fsp3) is 0.333. The number of rotatable bonds is 4. The van der Waals surface area contributed by atoms with Crippen molar-refractivity contribution in [2.24, 2.45) is 0 Å². The second-order valence-corrected chi connectivity index (χ2v) is 3.27. The number of hydrogen-bond donors (Lipinski definition) is 1. The fourth-order valence-corrected chi connectivity index (χ4v) is 1.53. The Morgan fingerprint density at radius 1 is 1.57 bits per heavy atom. The van der Waals surface area contributed by atoms with E-state index in [0.717, 1.165) is 17.7 Å². The highest BCUT2D eigenvalue weighted by Crippen LogP contribution is 2.19. The van der Waals surface area contributed by atoms with E-state index in [1.54, 1.807) is 12.1 Å². The van der Waals surface area contributed by atoms with Gasteiger partial charge in [0.2, 0.25) is 0 Å². The minimum Gasteiger partial charge on any atom is -0.307 e. The highest BCUT2D eigenvalue weighted by molar-refractivity contribution is 5.31. The molecule has 1 atom stereocenters. The van der Waals surface area contributed by atoms with Crippen molar-refractivity contribution in [3.05, 3.63) is 47.8 Å². The van der Waals surface area contributed by atoms with Gasteiger partial charge >= 0.3 is 0 Å². The van der Waals surface area contributed by atoms with Crippen LogP contribution >= 0.6 is 0 Å². The van der Waals surface area contributed by atoms with Crippen LogP contribution in [0.4, 0.5) is 4.39 Å². The van der Waals surface area contributed by atoms with Crippen LogP contribution in [0.25, 0.3) is 0 Å². The molecule has 76 valence electrons. The molecule has 1 aromatic carbocycles. The number of halogens is 1. The molecule has 0 saturated carbocycles. The van der Waals surface area contributed by atoms with Gasteiger partial charge in [0, 0.05) is 0 Å². The predicted octanol–water partition coefficient (Wildman–Crippen LogP) is 2.97. The normalized spacial score (nSPS) is 12.5. The van der Waals surface area contributed by atoms with Crippen LogP contribution in [0.2, 0.25) is 0 Å². The Morgan fingerprint density at radius 2 is 2.29 bits per heavy atom. The Bertz CT molecular complexity index is 320. The van der Waals surface area contributed by atoms with Crippen molar-refractivity contribution in [2.45, 2.75) is 19.9 Å². The zero-order valence-corrected chi connectivity index (χ0v) is 8.68. The highest BCUT2D eigenvalue weighted by Gasteiger charge is 2.08. The maximum Gasteiger partial charge on any atom is 0.123 e. The number of likely N-dealkylation sites (N-methyl/N-ethyl adjacent to an activating group) is 1. The van der Waals surface area contributed by atoms with Gasteiger partial charge in [0.05, 0.1) is 6.04 Å². The first-order valence-electron chi connectivity index (χ1n) is 4.81. The van der Waals surface area contributed by atoms with Gasteiger partial charge in [-0.1, -0.05) is 19.1 Å². The summed E-state index contributed by atoms with van der Waals surface area (Å²) in [5.74, 6) is -0.189. The monoisotopic (exact) mass is 193 g/mol. The van der Waals surface area contributed by atoms with Gasteiger partial charge in [-0.25, -0.2) is 4.39 Å². The molecule has 0 spiro atoms. The van der Waals surface area contributed by atoms with Crippen LogP contribution in [0.5, 0.6) is 0 Å². The first-order valence-corrected chi connectivity index (χ1v) is 4.81. The smallest absolute Gasteiger partial charge is 0.123 e. The van der Waals surface area contributed by atoms with E-state index >= 15 is 0 Å². The lowest BCUT2D eigenvalue weighted by atomic mass is 10.0.